The van der Waals surface area contributed by atoms with Crippen molar-refractivity contribution in [2.75, 3.05) is 26.2 Å². The number of hydrogen-bond donors (Lipinski definition) is 2. The Hall–Kier alpha value is -0.380. The van der Waals surface area contributed by atoms with Crippen LogP contribution in [0.1, 0.15) is 18.7 Å². The molecule has 3 N–H and O–H groups in total. The molecular weight excluding hydrogens is 192 g/mol. The standard InChI is InChI=1S/C11H20N2S/c1-3-13(4-2)8-7-12-10-11-6-5-9-14-11/h5-6,9,12H,3-4,7-8,10H2,1-2H3/p+2. The first-order chi connectivity index (χ1) is 6.86. The molecule has 2 nitrogen and oxygen atoms in total. The van der Waals surface area contributed by atoms with E-state index >= 15 is 0 Å². The van der Waals surface area contributed by atoms with Crippen LogP contribution in [0.25, 0.3) is 0 Å². The fraction of sp³-hybridized carbons (Fsp3) is 0.636. The average Bonchev–Trinajstić information content (AvgIpc) is 2.71. The maximum Gasteiger partial charge on any atom is 0.127 e. The first-order valence-corrected chi connectivity index (χ1v) is 6.42. The van der Waals surface area contributed by atoms with Gasteiger partial charge in [-0.2, -0.15) is 0 Å². The van der Waals surface area contributed by atoms with Crippen LogP contribution in [-0.2, 0) is 6.54 Å². The van der Waals surface area contributed by atoms with Gasteiger partial charge in [0.25, 0.3) is 0 Å². The van der Waals surface area contributed by atoms with E-state index in [2.05, 4.69) is 36.7 Å². The van der Waals surface area contributed by atoms with Crippen LogP contribution >= 0.6 is 11.3 Å². The van der Waals surface area contributed by atoms with Crippen LogP contribution in [0.4, 0.5) is 0 Å². The predicted octanol–water partition coefficient (Wildman–Crippen LogP) is -0.264. The van der Waals surface area contributed by atoms with Crippen LogP contribution in [0.2, 0.25) is 0 Å². The molecule has 0 saturated heterocycles. The van der Waals surface area contributed by atoms with Crippen LogP contribution in [0.15, 0.2) is 17.5 Å². The summed E-state index contributed by atoms with van der Waals surface area (Å²) in [6, 6.07) is 4.34. The quantitative estimate of drug-likeness (QED) is 0.584. The lowest BCUT2D eigenvalue weighted by atomic mass is 10.4. The summed E-state index contributed by atoms with van der Waals surface area (Å²) < 4.78 is 0. The molecule has 0 aromatic carbocycles. The minimum atomic E-state index is 1.15. The van der Waals surface area contributed by atoms with Crippen molar-refractivity contribution in [3.8, 4) is 0 Å². The first kappa shape index (κ1) is 11.7. The predicted molar refractivity (Wildman–Crippen MR) is 61.7 cm³/mol. The van der Waals surface area contributed by atoms with Crippen molar-refractivity contribution in [1.29, 1.82) is 0 Å². The van der Waals surface area contributed by atoms with Crippen molar-refractivity contribution in [2.24, 2.45) is 0 Å². The molecule has 0 unspecified atom stereocenters. The van der Waals surface area contributed by atoms with E-state index in [4.69, 9.17) is 0 Å². The summed E-state index contributed by atoms with van der Waals surface area (Å²) in [6.07, 6.45) is 0. The summed E-state index contributed by atoms with van der Waals surface area (Å²) in [7, 11) is 0. The summed E-state index contributed by atoms with van der Waals surface area (Å²) >= 11 is 1.86. The number of hydrogen-bond acceptors (Lipinski definition) is 1. The average molecular weight is 214 g/mol. The van der Waals surface area contributed by atoms with E-state index in [1.54, 1.807) is 4.90 Å². The molecule has 1 aromatic rings. The Morgan fingerprint density at radius 3 is 2.71 bits per heavy atom. The van der Waals surface area contributed by atoms with Gasteiger partial charge in [-0.05, 0) is 25.3 Å². The van der Waals surface area contributed by atoms with Gasteiger partial charge in [0.1, 0.15) is 19.6 Å². The highest BCUT2D eigenvalue weighted by molar-refractivity contribution is 7.09. The van der Waals surface area contributed by atoms with E-state index < -0.39 is 0 Å². The molecule has 1 aromatic heterocycles. The molecule has 0 aliphatic carbocycles. The third-order valence-electron chi connectivity index (χ3n) is 2.63. The second kappa shape index (κ2) is 6.98. The normalized spacial score (nSPS) is 11.1. The first-order valence-electron chi connectivity index (χ1n) is 5.54. The minimum Gasteiger partial charge on any atom is -0.337 e. The third kappa shape index (κ3) is 4.22. The Balaban J connectivity index is 2.04. The highest BCUT2D eigenvalue weighted by Gasteiger charge is 2.03. The maximum atomic E-state index is 2.41. The molecule has 1 rings (SSSR count). The number of thiophene rings is 1. The topological polar surface area (TPSA) is 21.1 Å². The number of quaternary nitrogens is 2. The maximum absolute atomic E-state index is 2.41. The smallest absolute Gasteiger partial charge is 0.127 e. The molecule has 0 aliphatic rings. The van der Waals surface area contributed by atoms with E-state index in [0.29, 0.717) is 0 Å². The molecule has 0 fully saturated rings. The van der Waals surface area contributed by atoms with Crippen molar-refractivity contribution in [1.82, 2.24) is 0 Å². The molecule has 0 spiro atoms. The van der Waals surface area contributed by atoms with Crippen LogP contribution in [0.3, 0.4) is 0 Å². The monoisotopic (exact) mass is 214 g/mol. The van der Waals surface area contributed by atoms with Crippen molar-refractivity contribution in [3.05, 3.63) is 22.4 Å². The zero-order valence-electron chi connectivity index (χ0n) is 9.25. The Morgan fingerprint density at radius 1 is 1.36 bits per heavy atom. The van der Waals surface area contributed by atoms with Gasteiger partial charge < -0.3 is 10.2 Å². The molecule has 0 amide bonds. The Kier molecular flexibility index (Phi) is 5.83. The van der Waals surface area contributed by atoms with E-state index in [-0.39, 0.29) is 0 Å². The zero-order valence-corrected chi connectivity index (χ0v) is 10.1. The second-order valence-electron chi connectivity index (χ2n) is 3.57. The highest BCUT2D eigenvalue weighted by atomic mass is 32.1. The molecule has 0 aliphatic heterocycles. The van der Waals surface area contributed by atoms with E-state index in [9.17, 15) is 0 Å². The minimum absolute atomic E-state index is 1.15. The van der Waals surface area contributed by atoms with Crippen molar-refractivity contribution in [3.63, 3.8) is 0 Å². The van der Waals surface area contributed by atoms with Gasteiger partial charge in [0.05, 0.1) is 18.0 Å². The highest BCUT2D eigenvalue weighted by Crippen LogP contribution is 2.05. The lowest BCUT2D eigenvalue weighted by molar-refractivity contribution is -0.910. The second-order valence-corrected chi connectivity index (χ2v) is 4.60. The van der Waals surface area contributed by atoms with Crippen molar-refractivity contribution >= 4 is 11.3 Å². The number of likely N-dealkylation sites (N-methyl/N-ethyl adjacent to an activating group) is 1. The molecular formula is C11H22N2S+2. The Labute approximate surface area is 90.9 Å². The Morgan fingerprint density at radius 2 is 2.14 bits per heavy atom. The fourth-order valence-electron chi connectivity index (χ4n) is 1.58. The number of nitrogens with two attached hydrogens (primary N) is 1. The molecule has 0 bridgehead atoms. The molecule has 0 radical (unpaired) electrons. The summed E-state index contributed by atoms with van der Waals surface area (Å²) in [5.41, 5.74) is 0. The van der Waals surface area contributed by atoms with Gasteiger partial charge in [-0.15, -0.1) is 11.3 Å². The SMILES string of the molecule is CC[NH+](CC)CC[NH2+]Cc1cccs1. The summed E-state index contributed by atoms with van der Waals surface area (Å²) in [5, 5.41) is 4.57. The van der Waals surface area contributed by atoms with Gasteiger partial charge in [0.15, 0.2) is 0 Å². The summed E-state index contributed by atoms with van der Waals surface area (Å²) in [4.78, 5) is 3.19. The van der Waals surface area contributed by atoms with Crippen LogP contribution in [-0.4, -0.2) is 26.2 Å². The van der Waals surface area contributed by atoms with Crippen LogP contribution in [0, 0.1) is 0 Å². The van der Waals surface area contributed by atoms with E-state index in [1.807, 2.05) is 11.3 Å². The molecule has 3 heteroatoms. The van der Waals surface area contributed by atoms with Gasteiger partial charge in [-0.25, -0.2) is 0 Å². The van der Waals surface area contributed by atoms with Crippen LogP contribution < -0.4 is 10.2 Å². The molecule has 1 heterocycles. The van der Waals surface area contributed by atoms with Gasteiger partial charge in [-0.3, -0.25) is 0 Å². The van der Waals surface area contributed by atoms with Crippen molar-refractivity contribution < 1.29 is 10.2 Å². The lowest BCUT2D eigenvalue weighted by Crippen LogP contribution is -3.14. The van der Waals surface area contributed by atoms with Crippen molar-refractivity contribution in [2.45, 2.75) is 20.4 Å². The molecule has 14 heavy (non-hydrogen) atoms. The third-order valence-corrected chi connectivity index (χ3v) is 3.53. The van der Waals surface area contributed by atoms with E-state index in [1.165, 1.54) is 31.1 Å². The summed E-state index contributed by atoms with van der Waals surface area (Å²) in [5.74, 6) is 0. The fourth-order valence-corrected chi connectivity index (χ4v) is 2.29. The largest absolute Gasteiger partial charge is 0.337 e. The zero-order chi connectivity index (χ0) is 10.2. The Bertz CT molecular complexity index is 217. The molecule has 80 valence electrons. The van der Waals surface area contributed by atoms with Gasteiger partial charge in [0.2, 0.25) is 0 Å². The lowest BCUT2D eigenvalue weighted by Gasteiger charge is -2.13. The van der Waals surface area contributed by atoms with Gasteiger partial charge >= 0.3 is 0 Å². The van der Waals surface area contributed by atoms with Gasteiger partial charge in [-0.1, -0.05) is 6.07 Å². The summed E-state index contributed by atoms with van der Waals surface area (Å²) in [6.45, 7) is 10.7. The number of rotatable bonds is 7. The molecule has 0 saturated carbocycles. The van der Waals surface area contributed by atoms with E-state index in [0.717, 1.165) is 6.54 Å². The molecule has 0 atom stereocenters. The van der Waals surface area contributed by atoms with Gasteiger partial charge in [0, 0.05) is 0 Å². The number of nitrogens with one attached hydrogen (secondary N) is 1. The van der Waals surface area contributed by atoms with Crippen LogP contribution in [0.5, 0.6) is 0 Å².